The molecule has 110 valence electrons. The smallest absolute Gasteiger partial charge is 0.196 e. The van der Waals surface area contributed by atoms with Crippen LogP contribution in [0, 0.1) is 22.9 Å². The summed E-state index contributed by atoms with van der Waals surface area (Å²) in [5, 5.41) is 0. The SMILES string of the molecule is CC1(C)CC(=O)c2ccn(-c3ccc(F)c(F)c3F)c2C1. The molecular weight excluding hydrogens is 279 g/mol. The number of hydrogen-bond donors (Lipinski definition) is 0. The van der Waals surface area contributed by atoms with E-state index in [0.29, 0.717) is 24.1 Å². The van der Waals surface area contributed by atoms with Gasteiger partial charge in [0.15, 0.2) is 23.2 Å². The Bertz CT molecular complexity index is 746. The molecule has 1 aromatic carbocycles. The van der Waals surface area contributed by atoms with E-state index >= 15 is 0 Å². The van der Waals surface area contributed by atoms with Crippen LogP contribution in [0.2, 0.25) is 0 Å². The van der Waals surface area contributed by atoms with Crippen molar-refractivity contribution in [2.24, 2.45) is 5.41 Å². The zero-order valence-corrected chi connectivity index (χ0v) is 11.7. The minimum absolute atomic E-state index is 0.0111. The third kappa shape index (κ3) is 2.17. The van der Waals surface area contributed by atoms with Crippen molar-refractivity contribution in [3.63, 3.8) is 0 Å². The average Bonchev–Trinajstić information content (AvgIpc) is 2.79. The van der Waals surface area contributed by atoms with Crippen LogP contribution in [0.5, 0.6) is 0 Å². The maximum atomic E-state index is 14.0. The quantitative estimate of drug-likeness (QED) is 0.727. The van der Waals surface area contributed by atoms with Gasteiger partial charge in [0.25, 0.3) is 0 Å². The molecule has 1 aliphatic rings. The average molecular weight is 293 g/mol. The highest BCUT2D eigenvalue weighted by Crippen LogP contribution is 2.36. The molecule has 3 rings (SSSR count). The summed E-state index contributed by atoms with van der Waals surface area (Å²) < 4.78 is 41.9. The second-order valence-corrected chi connectivity index (χ2v) is 6.18. The number of carbonyl (C=O) groups is 1. The van der Waals surface area contributed by atoms with Crippen molar-refractivity contribution in [1.82, 2.24) is 4.57 Å². The van der Waals surface area contributed by atoms with E-state index in [1.165, 1.54) is 16.8 Å². The predicted molar refractivity (Wildman–Crippen MR) is 72.1 cm³/mol. The highest BCUT2D eigenvalue weighted by atomic mass is 19.2. The van der Waals surface area contributed by atoms with Gasteiger partial charge in [-0.05, 0) is 30.0 Å². The summed E-state index contributed by atoms with van der Waals surface area (Å²) in [5.41, 5.74) is 0.843. The van der Waals surface area contributed by atoms with Gasteiger partial charge in [0.2, 0.25) is 0 Å². The number of halogens is 3. The second kappa shape index (κ2) is 4.48. The van der Waals surface area contributed by atoms with Crippen LogP contribution in [0.4, 0.5) is 13.2 Å². The lowest BCUT2D eigenvalue weighted by molar-refractivity contribution is 0.0911. The van der Waals surface area contributed by atoms with Gasteiger partial charge in [-0.2, -0.15) is 0 Å². The van der Waals surface area contributed by atoms with E-state index in [0.717, 1.165) is 6.07 Å². The largest absolute Gasteiger partial charge is 0.317 e. The summed E-state index contributed by atoms with van der Waals surface area (Å²) in [7, 11) is 0. The van der Waals surface area contributed by atoms with Gasteiger partial charge in [-0.15, -0.1) is 0 Å². The van der Waals surface area contributed by atoms with Crippen LogP contribution < -0.4 is 0 Å². The Kier molecular flexibility index (Phi) is 2.97. The Balaban J connectivity index is 2.19. The van der Waals surface area contributed by atoms with Crippen molar-refractivity contribution in [2.45, 2.75) is 26.7 Å². The molecule has 0 aliphatic heterocycles. The van der Waals surface area contributed by atoms with E-state index in [2.05, 4.69) is 0 Å². The molecule has 0 amide bonds. The zero-order chi connectivity index (χ0) is 15.4. The van der Waals surface area contributed by atoms with E-state index in [4.69, 9.17) is 0 Å². The molecule has 0 saturated heterocycles. The van der Waals surface area contributed by atoms with E-state index in [1.54, 1.807) is 6.07 Å². The molecule has 1 aliphatic carbocycles. The number of aromatic nitrogens is 1. The molecule has 0 N–H and O–H groups in total. The van der Waals surface area contributed by atoms with Crippen molar-refractivity contribution >= 4 is 5.78 Å². The van der Waals surface area contributed by atoms with Crippen molar-refractivity contribution in [3.05, 3.63) is 53.1 Å². The molecule has 0 saturated carbocycles. The predicted octanol–water partition coefficient (Wildman–Crippen LogP) is 4.05. The summed E-state index contributed by atoms with van der Waals surface area (Å²) in [5.74, 6) is -3.99. The molecular formula is C16H14F3NO. The van der Waals surface area contributed by atoms with Crippen LogP contribution in [0.15, 0.2) is 24.4 Å². The first-order valence-electron chi connectivity index (χ1n) is 6.67. The van der Waals surface area contributed by atoms with Gasteiger partial charge >= 0.3 is 0 Å². The van der Waals surface area contributed by atoms with Crippen molar-refractivity contribution < 1.29 is 18.0 Å². The Morgan fingerprint density at radius 1 is 1.05 bits per heavy atom. The lowest BCUT2D eigenvalue weighted by Crippen LogP contribution is -2.27. The van der Waals surface area contributed by atoms with Crippen LogP contribution >= 0.6 is 0 Å². The first-order chi connectivity index (χ1) is 9.80. The number of fused-ring (bicyclic) bond motifs is 1. The number of nitrogens with zero attached hydrogens (tertiary/aromatic N) is 1. The molecule has 21 heavy (non-hydrogen) atoms. The van der Waals surface area contributed by atoms with Gasteiger partial charge in [-0.3, -0.25) is 4.79 Å². The number of Topliss-reactive ketones (excluding diaryl/α,β-unsaturated/α-hetero) is 1. The number of hydrogen-bond acceptors (Lipinski definition) is 1. The maximum absolute atomic E-state index is 14.0. The molecule has 0 bridgehead atoms. The molecule has 0 radical (unpaired) electrons. The molecule has 1 aromatic heterocycles. The van der Waals surface area contributed by atoms with E-state index in [9.17, 15) is 18.0 Å². The fraction of sp³-hybridized carbons (Fsp3) is 0.312. The number of benzene rings is 1. The molecule has 2 aromatic rings. The third-order valence-corrected chi connectivity index (χ3v) is 3.85. The van der Waals surface area contributed by atoms with Crippen LogP contribution in [0.25, 0.3) is 5.69 Å². The van der Waals surface area contributed by atoms with E-state index in [-0.39, 0.29) is 16.9 Å². The fourth-order valence-electron chi connectivity index (χ4n) is 2.87. The third-order valence-electron chi connectivity index (χ3n) is 3.85. The highest BCUT2D eigenvalue weighted by molar-refractivity contribution is 5.99. The Hall–Kier alpha value is -2.04. The zero-order valence-electron chi connectivity index (χ0n) is 11.7. The summed E-state index contributed by atoms with van der Waals surface area (Å²) in [6.45, 7) is 3.90. The Labute approximate surface area is 120 Å². The number of carbonyl (C=O) groups excluding carboxylic acids is 1. The molecule has 0 spiro atoms. The second-order valence-electron chi connectivity index (χ2n) is 6.18. The van der Waals surface area contributed by atoms with Crippen molar-refractivity contribution in [1.29, 1.82) is 0 Å². The molecule has 0 fully saturated rings. The van der Waals surface area contributed by atoms with Gasteiger partial charge in [-0.25, -0.2) is 13.2 Å². The van der Waals surface area contributed by atoms with Gasteiger partial charge in [0.05, 0.1) is 5.69 Å². The van der Waals surface area contributed by atoms with E-state index in [1.807, 2.05) is 13.8 Å². The fourth-order valence-corrected chi connectivity index (χ4v) is 2.87. The molecule has 0 atom stereocenters. The topological polar surface area (TPSA) is 22.0 Å². The molecule has 5 heteroatoms. The number of ketones is 1. The standard InChI is InChI=1S/C16H14F3NO/c1-16(2)7-12-9(13(21)8-16)5-6-20(12)11-4-3-10(17)14(18)15(11)19/h3-6H,7-8H2,1-2H3. The summed E-state index contributed by atoms with van der Waals surface area (Å²) in [4.78, 5) is 12.1. The minimum Gasteiger partial charge on any atom is -0.317 e. The van der Waals surface area contributed by atoms with Crippen molar-refractivity contribution in [3.8, 4) is 5.69 Å². The summed E-state index contributed by atoms with van der Waals surface area (Å²) in [6, 6.07) is 3.67. The van der Waals surface area contributed by atoms with Crippen LogP contribution in [-0.4, -0.2) is 10.4 Å². The van der Waals surface area contributed by atoms with Crippen LogP contribution in [0.3, 0.4) is 0 Å². The van der Waals surface area contributed by atoms with Gasteiger partial charge in [0, 0.05) is 23.9 Å². The highest BCUT2D eigenvalue weighted by Gasteiger charge is 2.33. The van der Waals surface area contributed by atoms with Gasteiger partial charge < -0.3 is 4.57 Å². The van der Waals surface area contributed by atoms with Crippen LogP contribution in [-0.2, 0) is 6.42 Å². The normalized spacial score (nSPS) is 16.9. The monoisotopic (exact) mass is 293 g/mol. The van der Waals surface area contributed by atoms with Crippen LogP contribution in [0.1, 0.15) is 36.3 Å². The maximum Gasteiger partial charge on any atom is 0.196 e. The molecule has 0 unspecified atom stereocenters. The Morgan fingerprint density at radius 2 is 1.76 bits per heavy atom. The lowest BCUT2D eigenvalue weighted by Gasteiger charge is -2.29. The lowest BCUT2D eigenvalue weighted by atomic mass is 9.76. The summed E-state index contributed by atoms with van der Waals surface area (Å²) >= 11 is 0. The Morgan fingerprint density at radius 3 is 2.48 bits per heavy atom. The van der Waals surface area contributed by atoms with E-state index < -0.39 is 17.5 Å². The number of rotatable bonds is 1. The van der Waals surface area contributed by atoms with Gasteiger partial charge in [-0.1, -0.05) is 13.8 Å². The first-order valence-corrected chi connectivity index (χ1v) is 6.67. The molecule has 2 nitrogen and oxygen atoms in total. The van der Waals surface area contributed by atoms with Crippen molar-refractivity contribution in [2.75, 3.05) is 0 Å². The first kappa shape index (κ1) is 13.9. The minimum atomic E-state index is -1.50. The summed E-state index contributed by atoms with van der Waals surface area (Å²) in [6.07, 6.45) is 2.52. The molecule has 1 heterocycles. The van der Waals surface area contributed by atoms with Gasteiger partial charge in [0.1, 0.15) is 0 Å².